The average Bonchev–Trinajstić information content (AvgIpc) is 2.72. The van der Waals surface area contributed by atoms with Crippen LogP contribution in [0.2, 0.25) is 0 Å². The van der Waals surface area contributed by atoms with Crippen molar-refractivity contribution in [3.05, 3.63) is 63.7 Å². The molecule has 0 fully saturated rings. The molecule has 0 atom stereocenters. The van der Waals surface area contributed by atoms with E-state index in [-0.39, 0.29) is 34.7 Å². The lowest BCUT2D eigenvalue weighted by Crippen LogP contribution is -2.26. The van der Waals surface area contributed by atoms with E-state index < -0.39 is 38.1 Å². The number of nitrogens with zero attached hydrogens (tertiary/aromatic N) is 1. The Morgan fingerprint density at radius 3 is 2.42 bits per heavy atom. The van der Waals surface area contributed by atoms with Gasteiger partial charge in [-0.1, -0.05) is 6.08 Å². The van der Waals surface area contributed by atoms with E-state index in [0.717, 1.165) is 12.1 Å². The van der Waals surface area contributed by atoms with Crippen LogP contribution >= 0.6 is 0 Å². The molecule has 2 aromatic carbocycles. The van der Waals surface area contributed by atoms with Crippen molar-refractivity contribution in [2.45, 2.75) is 11.3 Å². The number of aliphatic carboxylic acids is 1. The standard InChI is InChI=1S/C19H18N2O9S/c1-30-17-11-12(10-15(19(17)25)21(26)27)2-7-16(22)13-3-5-14(6-4-13)31(28,29)20-9-8-18(23)24/h2-7,10-11,20,25H,8-9H2,1H3,(H,23,24)/b7-2+. The number of ether oxygens (including phenoxy) is 1. The van der Waals surface area contributed by atoms with Gasteiger partial charge in [0, 0.05) is 18.2 Å². The number of phenols is 1. The highest BCUT2D eigenvalue weighted by molar-refractivity contribution is 7.89. The number of nitro groups is 1. The molecule has 0 aliphatic rings. The number of benzene rings is 2. The molecule has 2 aromatic rings. The first-order valence-electron chi connectivity index (χ1n) is 8.64. The molecule has 11 nitrogen and oxygen atoms in total. The smallest absolute Gasteiger partial charge is 0.315 e. The topological polar surface area (TPSA) is 173 Å². The van der Waals surface area contributed by atoms with Crippen LogP contribution in [0, 0.1) is 10.1 Å². The van der Waals surface area contributed by atoms with Gasteiger partial charge in [-0.2, -0.15) is 0 Å². The molecule has 31 heavy (non-hydrogen) atoms. The Morgan fingerprint density at radius 1 is 1.23 bits per heavy atom. The van der Waals surface area contributed by atoms with Crippen molar-refractivity contribution in [2.24, 2.45) is 0 Å². The van der Waals surface area contributed by atoms with E-state index in [1.54, 1.807) is 0 Å². The second kappa shape index (κ2) is 9.82. The van der Waals surface area contributed by atoms with Gasteiger partial charge < -0.3 is 14.9 Å². The number of ketones is 1. The summed E-state index contributed by atoms with van der Waals surface area (Å²) in [6.45, 7) is -0.274. The summed E-state index contributed by atoms with van der Waals surface area (Å²) in [7, 11) is -2.70. The van der Waals surface area contributed by atoms with Gasteiger partial charge in [-0.3, -0.25) is 19.7 Å². The number of hydrogen-bond donors (Lipinski definition) is 3. The van der Waals surface area contributed by atoms with Gasteiger partial charge in [0.05, 0.1) is 23.3 Å². The van der Waals surface area contributed by atoms with Crippen molar-refractivity contribution in [1.29, 1.82) is 0 Å². The monoisotopic (exact) mass is 450 g/mol. The number of hydrogen-bond acceptors (Lipinski definition) is 8. The lowest BCUT2D eigenvalue weighted by molar-refractivity contribution is -0.386. The largest absolute Gasteiger partial charge is 0.500 e. The zero-order valence-corrected chi connectivity index (χ0v) is 17.0. The number of nitro benzene ring substituents is 1. The number of sulfonamides is 1. The number of methoxy groups -OCH3 is 1. The minimum absolute atomic E-state index is 0.133. The Hall–Kier alpha value is -3.77. The van der Waals surface area contributed by atoms with Crippen LogP contribution in [-0.2, 0) is 14.8 Å². The summed E-state index contributed by atoms with van der Waals surface area (Å²) < 4.78 is 31.2. The summed E-state index contributed by atoms with van der Waals surface area (Å²) in [6, 6.07) is 7.32. The molecule has 0 bridgehead atoms. The number of carbonyl (C=O) groups is 2. The Balaban J connectivity index is 2.18. The highest BCUT2D eigenvalue weighted by atomic mass is 32.2. The Labute approximate surface area is 176 Å². The van der Waals surface area contributed by atoms with Crippen molar-refractivity contribution < 1.29 is 37.9 Å². The molecule has 12 heteroatoms. The van der Waals surface area contributed by atoms with E-state index >= 15 is 0 Å². The summed E-state index contributed by atoms with van der Waals surface area (Å²) in [5, 5.41) is 29.4. The van der Waals surface area contributed by atoms with Crippen LogP contribution in [0.4, 0.5) is 5.69 Å². The molecule has 0 radical (unpaired) electrons. The van der Waals surface area contributed by atoms with Gasteiger partial charge in [-0.05, 0) is 42.0 Å². The molecule has 0 aliphatic heterocycles. The van der Waals surface area contributed by atoms with Crippen molar-refractivity contribution in [2.75, 3.05) is 13.7 Å². The fraction of sp³-hybridized carbons (Fsp3) is 0.158. The fourth-order valence-electron chi connectivity index (χ4n) is 2.45. The summed E-state index contributed by atoms with van der Waals surface area (Å²) in [5.41, 5.74) is -0.200. The molecule has 0 unspecified atom stereocenters. The molecule has 0 heterocycles. The molecular formula is C19H18N2O9S. The van der Waals surface area contributed by atoms with E-state index in [4.69, 9.17) is 9.84 Å². The van der Waals surface area contributed by atoms with E-state index in [2.05, 4.69) is 4.72 Å². The van der Waals surface area contributed by atoms with Gasteiger partial charge in [0.25, 0.3) is 0 Å². The Morgan fingerprint density at radius 2 is 1.87 bits per heavy atom. The first-order chi connectivity index (χ1) is 14.5. The lowest BCUT2D eigenvalue weighted by atomic mass is 10.1. The zero-order chi connectivity index (χ0) is 23.2. The quantitative estimate of drug-likeness (QED) is 0.211. The number of carboxylic acids is 1. The molecule has 2 rings (SSSR count). The minimum Gasteiger partial charge on any atom is -0.500 e. The normalized spacial score (nSPS) is 11.4. The highest BCUT2D eigenvalue weighted by Crippen LogP contribution is 2.37. The molecule has 0 spiro atoms. The predicted octanol–water partition coefficient (Wildman–Crippen LogP) is 1.96. The first kappa shape index (κ1) is 23.5. The fourth-order valence-corrected chi connectivity index (χ4v) is 3.48. The molecule has 0 amide bonds. The van der Waals surface area contributed by atoms with Crippen LogP contribution in [0.15, 0.2) is 47.4 Å². The molecule has 0 saturated heterocycles. The van der Waals surface area contributed by atoms with Gasteiger partial charge >= 0.3 is 11.7 Å². The number of phenolic OH excluding ortho intramolecular Hbond substituents is 1. The molecule has 0 saturated carbocycles. The van der Waals surface area contributed by atoms with E-state index in [9.17, 15) is 33.2 Å². The predicted molar refractivity (Wildman–Crippen MR) is 109 cm³/mol. The number of rotatable bonds is 10. The van der Waals surface area contributed by atoms with Gasteiger partial charge in [-0.15, -0.1) is 0 Å². The maximum atomic E-state index is 12.3. The van der Waals surface area contributed by atoms with Gasteiger partial charge in [0.2, 0.25) is 15.8 Å². The molecule has 0 aromatic heterocycles. The Kier molecular flexibility index (Phi) is 7.45. The van der Waals surface area contributed by atoms with Crippen molar-refractivity contribution >= 4 is 33.5 Å². The number of nitrogens with one attached hydrogen (secondary N) is 1. The van der Waals surface area contributed by atoms with Crippen LogP contribution in [0.25, 0.3) is 6.08 Å². The minimum atomic E-state index is -3.92. The number of carboxylic acid groups (broad SMARTS) is 1. The second-order valence-electron chi connectivity index (χ2n) is 6.11. The van der Waals surface area contributed by atoms with Gasteiger partial charge in [-0.25, -0.2) is 13.1 Å². The number of aromatic hydroxyl groups is 1. The molecule has 3 N–H and O–H groups in total. The van der Waals surface area contributed by atoms with E-state index in [0.29, 0.717) is 0 Å². The van der Waals surface area contributed by atoms with Crippen molar-refractivity contribution in [3.63, 3.8) is 0 Å². The van der Waals surface area contributed by atoms with Crippen LogP contribution in [-0.4, -0.2) is 49.0 Å². The highest BCUT2D eigenvalue weighted by Gasteiger charge is 2.19. The van der Waals surface area contributed by atoms with Crippen molar-refractivity contribution in [3.8, 4) is 11.5 Å². The van der Waals surface area contributed by atoms with Crippen LogP contribution in [0.1, 0.15) is 22.3 Å². The zero-order valence-electron chi connectivity index (χ0n) is 16.1. The van der Waals surface area contributed by atoms with E-state index in [1.165, 1.54) is 43.5 Å². The third-order valence-corrected chi connectivity index (χ3v) is 5.48. The van der Waals surface area contributed by atoms with Crippen molar-refractivity contribution in [1.82, 2.24) is 4.72 Å². The average molecular weight is 450 g/mol. The van der Waals surface area contributed by atoms with E-state index in [1.807, 2.05) is 0 Å². The SMILES string of the molecule is COc1cc(/C=C/C(=O)c2ccc(S(=O)(=O)NCCC(=O)O)cc2)cc([N+](=O)[O-])c1O. The summed E-state index contributed by atoms with van der Waals surface area (Å²) >= 11 is 0. The third-order valence-electron chi connectivity index (χ3n) is 4.00. The lowest BCUT2D eigenvalue weighted by Gasteiger charge is -2.06. The van der Waals surface area contributed by atoms with Crippen LogP contribution < -0.4 is 9.46 Å². The molecule has 164 valence electrons. The first-order valence-corrected chi connectivity index (χ1v) is 10.1. The second-order valence-corrected chi connectivity index (χ2v) is 7.88. The maximum Gasteiger partial charge on any atom is 0.315 e. The maximum absolute atomic E-state index is 12.3. The van der Waals surface area contributed by atoms with Crippen LogP contribution in [0.5, 0.6) is 11.5 Å². The summed E-state index contributed by atoms with van der Waals surface area (Å²) in [6.07, 6.45) is 2.04. The summed E-state index contributed by atoms with van der Waals surface area (Å²) in [4.78, 5) is 32.9. The molecule has 0 aliphatic carbocycles. The van der Waals surface area contributed by atoms with Gasteiger partial charge in [0.1, 0.15) is 0 Å². The van der Waals surface area contributed by atoms with Gasteiger partial charge in [0.15, 0.2) is 11.5 Å². The summed E-state index contributed by atoms with van der Waals surface area (Å²) in [5.74, 6) is -2.42. The number of allylic oxidation sites excluding steroid dienone is 1. The number of carbonyl (C=O) groups excluding carboxylic acids is 1. The third kappa shape index (κ3) is 6.10. The van der Waals surface area contributed by atoms with Crippen LogP contribution in [0.3, 0.4) is 0 Å². The Bertz CT molecular complexity index is 1140. The molecular weight excluding hydrogens is 432 g/mol.